The highest BCUT2D eigenvalue weighted by atomic mass is 19.1. The second kappa shape index (κ2) is 3.40. The molecule has 0 amide bonds. The summed E-state index contributed by atoms with van der Waals surface area (Å²) in [5.41, 5.74) is 0.626. The molecule has 2 nitrogen and oxygen atoms in total. The fourth-order valence-electron chi connectivity index (χ4n) is 1.08. The first kappa shape index (κ1) is 10.1. The van der Waals surface area contributed by atoms with Gasteiger partial charge in [0.15, 0.2) is 0 Å². The van der Waals surface area contributed by atoms with Gasteiger partial charge in [0.1, 0.15) is 6.33 Å². The Bertz CT molecular complexity index is 291. The largest absolute Gasteiger partial charge is 0.244 e. The topological polar surface area (TPSA) is 25.8 Å². The maximum absolute atomic E-state index is 13.2. The van der Waals surface area contributed by atoms with E-state index in [1.54, 1.807) is 6.20 Å². The van der Waals surface area contributed by atoms with Crippen molar-refractivity contribution in [3.8, 4) is 0 Å². The maximum atomic E-state index is 13.2. The van der Waals surface area contributed by atoms with Crippen molar-refractivity contribution in [2.75, 3.05) is 0 Å². The third-order valence-electron chi connectivity index (χ3n) is 2.46. The molecule has 1 atom stereocenters. The Hall–Kier alpha value is -0.990. The fraction of sp³-hybridized carbons (Fsp3) is 0.600. The van der Waals surface area contributed by atoms with Gasteiger partial charge in [-0.05, 0) is 11.3 Å². The van der Waals surface area contributed by atoms with Crippen LogP contribution < -0.4 is 0 Å². The van der Waals surface area contributed by atoms with Crippen LogP contribution in [0.4, 0.5) is 4.39 Å². The molecule has 0 N–H and O–H groups in total. The lowest BCUT2D eigenvalue weighted by Crippen LogP contribution is -2.17. The van der Waals surface area contributed by atoms with Crippen molar-refractivity contribution in [3.63, 3.8) is 0 Å². The van der Waals surface area contributed by atoms with Crippen LogP contribution in [-0.2, 0) is 0 Å². The van der Waals surface area contributed by atoms with E-state index in [-0.39, 0.29) is 11.3 Å². The molecule has 0 aromatic carbocycles. The predicted octanol–water partition coefficient (Wildman–Crippen LogP) is 2.77. The van der Waals surface area contributed by atoms with Gasteiger partial charge in [-0.3, -0.25) is 0 Å². The van der Waals surface area contributed by atoms with Gasteiger partial charge in [0.05, 0.1) is 0 Å². The Labute approximate surface area is 78.2 Å². The maximum Gasteiger partial charge on any atom is 0.219 e. The number of halogens is 1. The second-order valence-corrected chi connectivity index (χ2v) is 4.36. The zero-order valence-corrected chi connectivity index (χ0v) is 8.50. The van der Waals surface area contributed by atoms with Crippen LogP contribution in [0, 0.1) is 11.4 Å². The van der Waals surface area contributed by atoms with Crippen molar-refractivity contribution in [2.45, 2.75) is 33.6 Å². The summed E-state index contributed by atoms with van der Waals surface area (Å²) in [5.74, 6) is -0.286. The van der Waals surface area contributed by atoms with E-state index < -0.39 is 5.95 Å². The van der Waals surface area contributed by atoms with Crippen molar-refractivity contribution >= 4 is 0 Å². The van der Waals surface area contributed by atoms with E-state index in [0.717, 1.165) is 0 Å². The van der Waals surface area contributed by atoms with Crippen LogP contribution in [0.3, 0.4) is 0 Å². The third-order valence-corrected chi connectivity index (χ3v) is 2.46. The van der Waals surface area contributed by atoms with Gasteiger partial charge in [-0.15, -0.1) is 0 Å². The molecule has 0 saturated carbocycles. The molecule has 0 aliphatic carbocycles. The minimum absolute atomic E-state index is 0.0333. The zero-order chi connectivity index (χ0) is 10.1. The molecule has 0 bridgehead atoms. The van der Waals surface area contributed by atoms with Crippen molar-refractivity contribution in [1.29, 1.82) is 0 Å². The van der Waals surface area contributed by atoms with Crippen molar-refractivity contribution < 1.29 is 4.39 Å². The number of hydrogen-bond acceptors (Lipinski definition) is 2. The summed E-state index contributed by atoms with van der Waals surface area (Å²) in [6.45, 7) is 8.21. The van der Waals surface area contributed by atoms with Crippen molar-refractivity contribution in [2.24, 2.45) is 5.41 Å². The van der Waals surface area contributed by atoms with Gasteiger partial charge < -0.3 is 0 Å². The molecule has 0 fully saturated rings. The molecule has 0 radical (unpaired) electrons. The van der Waals surface area contributed by atoms with Gasteiger partial charge >= 0.3 is 0 Å². The summed E-state index contributed by atoms with van der Waals surface area (Å²) in [6, 6.07) is 0. The molecule has 3 heteroatoms. The number of nitrogens with zero attached hydrogens (tertiary/aromatic N) is 2. The molecular formula is C10H15FN2. The molecule has 0 aliphatic rings. The molecule has 0 spiro atoms. The first-order chi connectivity index (χ1) is 5.93. The van der Waals surface area contributed by atoms with Crippen LogP contribution in [0.2, 0.25) is 0 Å². The molecule has 1 heterocycles. The van der Waals surface area contributed by atoms with Crippen molar-refractivity contribution in [3.05, 3.63) is 24.0 Å². The van der Waals surface area contributed by atoms with Gasteiger partial charge in [-0.2, -0.15) is 4.39 Å². The van der Waals surface area contributed by atoms with Gasteiger partial charge in [0.25, 0.3) is 0 Å². The van der Waals surface area contributed by atoms with E-state index in [1.807, 2.05) is 6.92 Å². The molecule has 0 saturated heterocycles. The lowest BCUT2D eigenvalue weighted by molar-refractivity contribution is 0.328. The van der Waals surface area contributed by atoms with Gasteiger partial charge in [0, 0.05) is 11.8 Å². The average Bonchev–Trinajstić information content (AvgIpc) is 2.02. The lowest BCUT2D eigenvalue weighted by atomic mass is 9.79. The highest BCUT2D eigenvalue weighted by Crippen LogP contribution is 2.34. The second-order valence-electron chi connectivity index (χ2n) is 4.36. The van der Waals surface area contributed by atoms with Gasteiger partial charge in [-0.1, -0.05) is 27.7 Å². The summed E-state index contributed by atoms with van der Waals surface area (Å²) in [5, 5.41) is 0. The Morgan fingerprint density at radius 2 is 2.00 bits per heavy atom. The zero-order valence-electron chi connectivity index (χ0n) is 8.50. The molecule has 1 unspecified atom stereocenters. The van der Waals surface area contributed by atoms with E-state index >= 15 is 0 Å². The minimum atomic E-state index is -0.405. The Morgan fingerprint density at radius 1 is 1.38 bits per heavy atom. The van der Waals surface area contributed by atoms with Gasteiger partial charge in [-0.25, -0.2) is 9.97 Å². The van der Waals surface area contributed by atoms with Crippen LogP contribution in [-0.4, -0.2) is 9.97 Å². The monoisotopic (exact) mass is 182 g/mol. The van der Waals surface area contributed by atoms with Crippen LogP contribution in [0.1, 0.15) is 39.2 Å². The average molecular weight is 182 g/mol. The first-order valence-corrected chi connectivity index (χ1v) is 4.38. The Kier molecular flexibility index (Phi) is 2.64. The number of aromatic nitrogens is 2. The Morgan fingerprint density at radius 3 is 2.46 bits per heavy atom. The Balaban J connectivity index is 3.02. The van der Waals surface area contributed by atoms with Crippen LogP contribution >= 0.6 is 0 Å². The summed E-state index contributed by atoms with van der Waals surface area (Å²) in [6.07, 6.45) is 2.78. The first-order valence-electron chi connectivity index (χ1n) is 4.38. The quantitative estimate of drug-likeness (QED) is 0.624. The lowest BCUT2D eigenvalue weighted by Gasteiger charge is -2.27. The van der Waals surface area contributed by atoms with Gasteiger partial charge in [0.2, 0.25) is 5.95 Å². The molecule has 1 aromatic heterocycles. The van der Waals surface area contributed by atoms with Crippen LogP contribution in [0.15, 0.2) is 12.5 Å². The van der Waals surface area contributed by atoms with E-state index in [9.17, 15) is 4.39 Å². The molecule has 0 aliphatic heterocycles. The standard InChI is InChI=1S/C10H15FN2/c1-7(10(2,3)4)8-5-12-6-13-9(8)11/h5-7H,1-4H3. The summed E-state index contributed by atoms with van der Waals surface area (Å²) in [7, 11) is 0. The fourth-order valence-corrected chi connectivity index (χ4v) is 1.08. The van der Waals surface area contributed by atoms with Crippen LogP contribution in [0.5, 0.6) is 0 Å². The minimum Gasteiger partial charge on any atom is -0.244 e. The predicted molar refractivity (Wildman–Crippen MR) is 49.9 cm³/mol. The third kappa shape index (κ3) is 2.23. The highest BCUT2D eigenvalue weighted by Gasteiger charge is 2.24. The smallest absolute Gasteiger partial charge is 0.219 e. The molecule has 1 aromatic rings. The number of hydrogen-bond donors (Lipinski definition) is 0. The summed E-state index contributed by atoms with van der Waals surface area (Å²) < 4.78 is 13.2. The van der Waals surface area contributed by atoms with E-state index in [1.165, 1.54) is 6.33 Å². The van der Waals surface area contributed by atoms with E-state index in [4.69, 9.17) is 0 Å². The van der Waals surface area contributed by atoms with E-state index in [0.29, 0.717) is 5.56 Å². The normalized spacial score (nSPS) is 14.2. The van der Waals surface area contributed by atoms with E-state index in [2.05, 4.69) is 30.7 Å². The molecule has 13 heavy (non-hydrogen) atoms. The number of rotatable bonds is 1. The van der Waals surface area contributed by atoms with Crippen molar-refractivity contribution in [1.82, 2.24) is 9.97 Å². The highest BCUT2D eigenvalue weighted by molar-refractivity contribution is 5.13. The van der Waals surface area contributed by atoms with Crippen LogP contribution in [0.25, 0.3) is 0 Å². The summed E-state index contributed by atoms with van der Waals surface area (Å²) in [4.78, 5) is 7.36. The molecule has 72 valence electrons. The summed E-state index contributed by atoms with van der Waals surface area (Å²) >= 11 is 0. The molecular weight excluding hydrogens is 167 g/mol. The SMILES string of the molecule is CC(c1cncnc1F)C(C)(C)C. The molecule has 1 rings (SSSR count).